The molecule has 2 saturated heterocycles. The first kappa shape index (κ1) is 19.2. The van der Waals surface area contributed by atoms with E-state index >= 15 is 0 Å². The molecule has 8 heteroatoms. The summed E-state index contributed by atoms with van der Waals surface area (Å²) < 4.78 is 7.44. The monoisotopic (exact) mass is 400 g/mol. The predicted molar refractivity (Wildman–Crippen MR) is 112 cm³/mol. The van der Waals surface area contributed by atoms with Crippen molar-refractivity contribution in [1.82, 2.24) is 24.8 Å². The molecule has 0 amide bonds. The first-order valence-electron chi connectivity index (χ1n) is 11.1. The van der Waals surface area contributed by atoms with Crippen molar-refractivity contribution in [3.8, 4) is 0 Å². The molecule has 2 aromatic heterocycles. The normalized spacial score (nSPS) is 28.8. The van der Waals surface area contributed by atoms with Crippen molar-refractivity contribution in [2.75, 3.05) is 44.7 Å². The number of nitrogens with zero attached hydrogens (tertiary/aromatic N) is 4. The third kappa shape index (κ3) is 3.86. The first-order valence-corrected chi connectivity index (χ1v) is 11.1. The van der Waals surface area contributed by atoms with E-state index in [2.05, 4.69) is 25.5 Å². The highest BCUT2D eigenvalue weighted by molar-refractivity contribution is 5.91. The van der Waals surface area contributed by atoms with Crippen LogP contribution >= 0.6 is 0 Å². The Labute approximate surface area is 171 Å². The second-order valence-corrected chi connectivity index (χ2v) is 8.61. The number of aliphatic hydroxyl groups is 1. The molecule has 2 aliphatic heterocycles. The molecule has 0 radical (unpaired) electrons. The fourth-order valence-corrected chi connectivity index (χ4v) is 5.29. The summed E-state index contributed by atoms with van der Waals surface area (Å²) in [5, 5.41) is 18.0. The Kier molecular flexibility index (Phi) is 5.67. The van der Waals surface area contributed by atoms with E-state index in [1.54, 1.807) is 6.33 Å². The highest BCUT2D eigenvalue weighted by Gasteiger charge is 2.29. The number of piperazine rings is 1. The van der Waals surface area contributed by atoms with Gasteiger partial charge in [-0.1, -0.05) is 0 Å². The van der Waals surface area contributed by atoms with Crippen molar-refractivity contribution in [2.45, 2.75) is 56.8 Å². The molecule has 0 bridgehead atoms. The topological polar surface area (TPSA) is 87.5 Å². The van der Waals surface area contributed by atoms with Crippen LogP contribution in [0.25, 0.3) is 11.0 Å². The number of aromatic nitrogens is 3. The Hall–Kier alpha value is -1.74. The highest BCUT2D eigenvalue weighted by Crippen LogP contribution is 2.36. The zero-order chi connectivity index (χ0) is 19.6. The molecule has 8 nitrogen and oxygen atoms in total. The third-order valence-corrected chi connectivity index (χ3v) is 6.91. The molecule has 1 unspecified atom stereocenters. The number of hydrogen-bond acceptors (Lipinski definition) is 7. The van der Waals surface area contributed by atoms with Gasteiger partial charge in [-0.15, -0.1) is 0 Å². The number of hydrogen-bond donors (Lipinski definition) is 3. The van der Waals surface area contributed by atoms with Crippen LogP contribution in [0.3, 0.4) is 0 Å². The minimum Gasteiger partial charge on any atom is -0.381 e. The molecule has 2 aromatic rings. The first-order chi connectivity index (χ1) is 14.3. The Bertz CT molecular complexity index is 820. The average Bonchev–Trinajstić information content (AvgIpc) is 3.43. The van der Waals surface area contributed by atoms with Gasteiger partial charge in [0.05, 0.1) is 12.0 Å². The molecule has 158 valence electrons. The second-order valence-electron chi connectivity index (χ2n) is 8.61. The zero-order valence-corrected chi connectivity index (χ0v) is 17.0. The van der Waals surface area contributed by atoms with E-state index in [1.807, 2.05) is 10.8 Å². The SMILES string of the molecule is OCn1cc(C2CCOC2)c2c(NC3CCC(N4CCNCC4)CC3)ncnc21. The maximum Gasteiger partial charge on any atom is 0.147 e. The molecule has 0 spiro atoms. The van der Waals surface area contributed by atoms with Crippen molar-refractivity contribution in [1.29, 1.82) is 0 Å². The predicted octanol–water partition coefficient (Wildman–Crippen LogP) is 1.51. The van der Waals surface area contributed by atoms with Crippen LogP contribution in [0.15, 0.2) is 12.5 Å². The summed E-state index contributed by atoms with van der Waals surface area (Å²) in [4.78, 5) is 11.7. The van der Waals surface area contributed by atoms with Gasteiger partial charge in [-0.05, 0) is 37.7 Å². The molecule has 3 fully saturated rings. The van der Waals surface area contributed by atoms with Gasteiger partial charge in [-0.3, -0.25) is 4.90 Å². The van der Waals surface area contributed by atoms with E-state index in [0.29, 0.717) is 12.0 Å². The van der Waals surface area contributed by atoms with Crippen LogP contribution in [0, 0.1) is 0 Å². The summed E-state index contributed by atoms with van der Waals surface area (Å²) in [5.41, 5.74) is 2.01. The minimum atomic E-state index is -0.0731. The number of ether oxygens (including phenoxy) is 1. The lowest BCUT2D eigenvalue weighted by atomic mass is 9.89. The summed E-state index contributed by atoms with van der Waals surface area (Å²) in [6, 6.07) is 1.17. The van der Waals surface area contributed by atoms with Crippen molar-refractivity contribution in [3.63, 3.8) is 0 Å². The number of aliphatic hydroxyl groups excluding tert-OH is 1. The molecule has 4 heterocycles. The fourth-order valence-electron chi connectivity index (χ4n) is 5.29. The van der Waals surface area contributed by atoms with Crippen LogP contribution < -0.4 is 10.6 Å². The van der Waals surface area contributed by atoms with Gasteiger partial charge in [0.2, 0.25) is 0 Å². The summed E-state index contributed by atoms with van der Waals surface area (Å²) in [5.74, 6) is 1.26. The number of rotatable bonds is 5. The van der Waals surface area contributed by atoms with Crippen molar-refractivity contribution < 1.29 is 9.84 Å². The molecule has 0 aromatic carbocycles. The molecule has 29 heavy (non-hydrogen) atoms. The molecule has 3 aliphatic rings. The van der Waals surface area contributed by atoms with Crippen molar-refractivity contribution in [2.24, 2.45) is 0 Å². The van der Waals surface area contributed by atoms with E-state index < -0.39 is 0 Å². The minimum absolute atomic E-state index is 0.0731. The van der Waals surface area contributed by atoms with Gasteiger partial charge < -0.3 is 25.0 Å². The number of fused-ring (bicyclic) bond motifs is 1. The van der Waals surface area contributed by atoms with Crippen molar-refractivity contribution in [3.05, 3.63) is 18.1 Å². The maximum absolute atomic E-state index is 9.80. The smallest absolute Gasteiger partial charge is 0.147 e. The largest absolute Gasteiger partial charge is 0.381 e. The van der Waals surface area contributed by atoms with Gasteiger partial charge in [0, 0.05) is 57.0 Å². The molecular weight excluding hydrogens is 368 g/mol. The van der Waals surface area contributed by atoms with E-state index in [4.69, 9.17) is 4.74 Å². The van der Waals surface area contributed by atoms with Crippen LogP contribution in [-0.4, -0.2) is 76.0 Å². The van der Waals surface area contributed by atoms with Gasteiger partial charge in [0.15, 0.2) is 0 Å². The van der Waals surface area contributed by atoms with E-state index in [-0.39, 0.29) is 6.73 Å². The molecular formula is C21H32N6O2. The summed E-state index contributed by atoms with van der Waals surface area (Å²) in [6.45, 7) is 6.04. The van der Waals surface area contributed by atoms with E-state index in [9.17, 15) is 5.11 Å². The molecule has 3 N–H and O–H groups in total. The molecule has 5 rings (SSSR count). The Morgan fingerprint density at radius 1 is 1.14 bits per heavy atom. The Morgan fingerprint density at radius 2 is 1.97 bits per heavy atom. The van der Waals surface area contributed by atoms with E-state index in [0.717, 1.165) is 55.6 Å². The average molecular weight is 401 g/mol. The Balaban J connectivity index is 1.33. The quantitative estimate of drug-likeness (QED) is 0.701. The van der Waals surface area contributed by atoms with Gasteiger partial charge in [0.25, 0.3) is 0 Å². The molecule has 1 atom stereocenters. The summed E-state index contributed by atoms with van der Waals surface area (Å²) >= 11 is 0. The second kappa shape index (κ2) is 8.55. The summed E-state index contributed by atoms with van der Waals surface area (Å²) in [7, 11) is 0. The van der Waals surface area contributed by atoms with Crippen LogP contribution in [0.2, 0.25) is 0 Å². The van der Waals surface area contributed by atoms with E-state index in [1.165, 1.54) is 44.3 Å². The number of nitrogens with one attached hydrogen (secondary N) is 2. The third-order valence-electron chi connectivity index (χ3n) is 6.91. The maximum atomic E-state index is 9.80. The molecule has 1 saturated carbocycles. The standard InChI is InChI=1S/C21H32N6O2/c28-14-27-11-18(15-5-10-29-12-15)19-20(23-13-24-21(19)27)25-16-1-3-17(4-2-16)26-8-6-22-7-9-26/h11,13,15-17,22,28H,1-10,12,14H2,(H,23,24,25). The lowest BCUT2D eigenvalue weighted by Gasteiger charge is -2.39. The zero-order valence-electron chi connectivity index (χ0n) is 17.0. The van der Waals surface area contributed by atoms with Crippen LogP contribution in [0.4, 0.5) is 5.82 Å². The van der Waals surface area contributed by atoms with Gasteiger partial charge in [0.1, 0.15) is 24.5 Å². The van der Waals surface area contributed by atoms with Crippen molar-refractivity contribution >= 4 is 16.9 Å². The van der Waals surface area contributed by atoms with Crippen LogP contribution in [0.1, 0.15) is 43.6 Å². The van der Waals surface area contributed by atoms with Gasteiger partial charge in [-0.2, -0.15) is 0 Å². The Morgan fingerprint density at radius 3 is 2.69 bits per heavy atom. The van der Waals surface area contributed by atoms with Crippen LogP contribution in [-0.2, 0) is 11.5 Å². The molecule has 1 aliphatic carbocycles. The summed E-state index contributed by atoms with van der Waals surface area (Å²) in [6.07, 6.45) is 9.48. The fraction of sp³-hybridized carbons (Fsp3) is 0.714. The van der Waals surface area contributed by atoms with Gasteiger partial charge in [-0.25, -0.2) is 9.97 Å². The highest BCUT2D eigenvalue weighted by atomic mass is 16.5. The lowest BCUT2D eigenvalue weighted by molar-refractivity contribution is 0.135. The number of anilines is 1. The van der Waals surface area contributed by atoms with Gasteiger partial charge >= 0.3 is 0 Å². The lowest BCUT2D eigenvalue weighted by Crippen LogP contribution is -2.50. The van der Waals surface area contributed by atoms with Crippen LogP contribution in [0.5, 0.6) is 0 Å².